The number of rotatable bonds is 8. The van der Waals surface area contributed by atoms with Gasteiger partial charge in [0, 0.05) is 18.6 Å². The number of carbonyl (C=O) groups excluding carboxylic acids is 2. The molecule has 0 fully saturated rings. The highest BCUT2D eigenvalue weighted by molar-refractivity contribution is 6.30. The van der Waals surface area contributed by atoms with Crippen molar-refractivity contribution < 1.29 is 14.3 Å². The van der Waals surface area contributed by atoms with Crippen LogP contribution in [0.4, 0.5) is 0 Å². The molecule has 0 aromatic heterocycles. The summed E-state index contributed by atoms with van der Waals surface area (Å²) < 4.78 is 5.86. The van der Waals surface area contributed by atoms with Crippen LogP contribution in [0, 0.1) is 20.8 Å². The molecule has 156 valence electrons. The predicted molar refractivity (Wildman–Crippen MR) is 116 cm³/mol. The molecule has 2 amide bonds. The minimum absolute atomic E-state index is 0.134. The Labute approximate surface area is 178 Å². The number of nitrogens with zero attached hydrogens (tertiary/aromatic N) is 1. The molecular formula is C23H29ClN2O3. The lowest BCUT2D eigenvalue weighted by molar-refractivity contribution is -0.142. The Bertz CT molecular complexity index is 865. The molecular weight excluding hydrogens is 388 g/mol. The largest absolute Gasteiger partial charge is 0.483 e. The minimum atomic E-state index is -0.577. The van der Waals surface area contributed by atoms with E-state index in [9.17, 15) is 9.59 Å². The first kappa shape index (κ1) is 22.8. The Hall–Kier alpha value is -2.53. The molecule has 2 aromatic rings. The van der Waals surface area contributed by atoms with Crippen LogP contribution in [0.1, 0.15) is 35.6 Å². The number of amides is 2. The first-order valence-electron chi connectivity index (χ1n) is 9.73. The highest BCUT2D eigenvalue weighted by Gasteiger charge is 2.28. The van der Waals surface area contributed by atoms with Crippen molar-refractivity contribution in [2.24, 2.45) is 0 Å². The van der Waals surface area contributed by atoms with Gasteiger partial charge in [-0.25, -0.2) is 0 Å². The third kappa shape index (κ3) is 5.97. The van der Waals surface area contributed by atoms with E-state index in [1.807, 2.05) is 45.9 Å². The van der Waals surface area contributed by atoms with Crippen LogP contribution in [0.3, 0.4) is 0 Å². The van der Waals surface area contributed by atoms with E-state index in [1.165, 1.54) is 0 Å². The van der Waals surface area contributed by atoms with Gasteiger partial charge in [0.2, 0.25) is 5.91 Å². The third-order valence-electron chi connectivity index (χ3n) is 5.01. The Kier molecular flexibility index (Phi) is 8.09. The Morgan fingerprint density at radius 3 is 2.38 bits per heavy atom. The van der Waals surface area contributed by atoms with Crippen LogP contribution in [0.5, 0.6) is 5.75 Å². The second-order valence-corrected chi connectivity index (χ2v) is 7.62. The summed E-state index contributed by atoms with van der Waals surface area (Å²) in [5.74, 6) is 0.252. The number of benzene rings is 2. The summed E-state index contributed by atoms with van der Waals surface area (Å²) in [7, 11) is 1.57. The third-order valence-corrected chi connectivity index (χ3v) is 5.27. The van der Waals surface area contributed by atoms with Crippen LogP contribution < -0.4 is 10.1 Å². The van der Waals surface area contributed by atoms with E-state index < -0.39 is 6.04 Å². The van der Waals surface area contributed by atoms with Crippen LogP contribution in [-0.4, -0.2) is 36.4 Å². The first-order chi connectivity index (χ1) is 13.8. The quantitative estimate of drug-likeness (QED) is 0.701. The maximum atomic E-state index is 13.1. The summed E-state index contributed by atoms with van der Waals surface area (Å²) in [4.78, 5) is 27.0. The molecule has 0 saturated heterocycles. The molecule has 0 radical (unpaired) electrons. The van der Waals surface area contributed by atoms with Crippen LogP contribution in [0.2, 0.25) is 5.02 Å². The van der Waals surface area contributed by atoms with Gasteiger partial charge in [-0.05, 0) is 67.6 Å². The van der Waals surface area contributed by atoms with Crippen molar-refractivity contribution >= 4 is 23.4 Å². The second kappa shape index (κ2) is 10.3. The van der Waals surface area contributed by atoms with Gasteiger partial charge in [0.25, 0.3) is 5.91 Å². The number of ether oxygens (including phenoxy) is 1. The van der Waals surface area contributed by atoms with Crippen molar-refractivity contribution in [2.75, 3.05) is 13.7 Å². The molecule has 2 rings (SSSR count). The standard InChI is InChI=1S/C23H29ClN2O3/c1-6-20(23(28)25-5)26(13-18-7-9-19(24)10-8-18)22(27)14-29-21-12-15(2)11-16(3)17(21)4/h7-12,20H,6,13-14H2,1-5H3,(H,25,28)/t20-/m0/s1. The van der Waals surface area contributed by atoms with Gasteiger partial charge in [-0.1, -0.05) is 36.7 Å². The van der Waals surface area contributed by atoms with Crippen molar-refractivity contribution in [3.63, 3.8) is 0 Å². The lowest BCUT2D eigenvalue weighted by Crippen LogP contribution is -2.49. The van der Waals surface area contributed by atoms with Gasteiger partial charge in [0.05, 0.1) is 0 Å². The Morgan fingerprint density at radius 2 is 1.79 bits per heavy atom. The molecule has 0 spiro atoms. The average Bonchev–Trinajstić information content (AvgIpc) is 2.70. The van der Waals surface area contributed by atoms with Crippen molar-refractivity contribution in [2.45, 2.75) is 46.7 Å². The molecule has 6 heteroatoms. The molecule has 29 heavy (non-hydrogen) atoms. The normalized spacial score (nSPS) is 11.7. The zero-order chi connectivity index (χ0) is 21.6. The molecule has 1 atom stereocenters. The topological polar surface area (TPSA) is 58.6 Å². The summed E-state index contributed by atoms with van der Waals surface area (Å²) in [5, 5.41) is 3.27. The first-order valence-corrected chi connectivity index (χ1v) is 10.1. The van der Waals surface area contributed by atoms with E-state index in [4.69, 9.17) is 16.3 Å². The zero-order valence-electron chi connectivity index (χ0n) is 17.7. The van der Waals surface area contributed by atoms with Gasteiger partial charge >= 0.3 is 0 Å². The van der Waals surface area contributed by atoms with E-state index in [0.717, 1.165) is 22.3 Å². The van der Waals surface area contributed by atoms with Crippen LogP contribution >= 0.6 is 11.6 Å². The van der Waals surface area contributed by atoms with Crippen LogP contribution in [0.25, 0.3) is 0 Å². The van der Waals surface area contributed by atoms with Crippen molar-refractivity contribution in [1.29, 1.82) is 0 Å². The average molecular weight is 417 g/mol. The lowest BCUT2D eigenvalue weighted by atomic mass is 10.1. The number of hydrogen-bond donors (Lipinski definition) is 1. The maximum Gasteiger partial charge on any atom is 0.261 e. The smallest absolute Gasteiger partial charge is 0.261 e. The van der Waals surface area contributed by atoms with Gasteiger partial charge in [0.15, 0.2) is 6.61 Å². The Morgan fingerprint density at radius 1 is 1.14 bits per heavy atom. The fourth-order valence-corrected chi connectivity index (χ4v) is 3.37. The monoisotopic (exact) mass is 416 g/mol. The summed E-state index contributed by atoms with van der Waals surface area (Å²) in [5.41, 5.74) is 4.09. The molecule has 0 aliphatic rings. The maximum absolute atomic E-state index is 13.1. The van der Waals surface area contributed by atoms with E-state index in [1.54, 1.807) is 24.1 Å². The molecule has 0 saturated carbocycles. The van der Waals surface area contributed by atoms with Gasteiger partial charge in [-0.2, -0.15) is 0 Å². The Balaban J connectivity index is 2.23. The molecule has 0 heterocycles. The fourth-order valence-electron chi connectivity index (χ4n) is 3.25. The van der Waals surface area contributed by atoms with Crippen molar-refractivity contribution in [1.82, 2.24) is 10.2 Å². The zero-order valence-corrected chi connectivity index (χ0v) is 18.5. The summed E-state index contributed by atoms with van der Waals surface area (Å²) in [6.07, 6.45) is 0.502. The molecule has 0 bridgehead atoms. The van der Waals surface area contributed by atoms with Crippen LogP contribution in [0.15, 0.2) is 36.4 Å². The molecule has 1 N–H and O–H groups in total. The summed E-state index contributed by atoms with van der Waals surface area (Å²) >= 11 is 5.97. The number of likely N-dealkylation sites (N-methyl/N-ethyl adjacent to an activating group) is 1. The van der Waals surface area contributed by atoms with E-state index in [-0.39, 0.29) is 18.4 Å². The molecule has 0 aliphatic carbocycles. The van der Waals surface area contributed by atoms with E-state index >= 15 is 0 Å². The highest BCUT2D eigenvalue weighted by Crippen LogP contribution is 2.23. The van der Waals surface area contributed by atoms with Gasteiger partial charge < -0.3 is 15.0 Å². The lowest BCUT2D eigenvalue weighted by Gasteiger charge is -2.30. The van der Waals surface area contributed by atoms with Gasteiger partial charge in [-0.3, -0.25) is 9.59 Å². The molecule has 5 nitrogen and oxygen atoms in total. The number of halogens is 1. The highest BCUT2D eigenvalue weighted by atomic mass is 35.5. The molecule has 2 aromatic carbocycles. The second-order valence-electron chi connectivity index (χ2n) is 7.18. The molecule has 0 aliphatic heterocycles. The number of hydrogen-bond acceptors (Lipinski definition) is 3. The number of aryl methyl sites for hydroxylation is 2. The number of carbonyl (C=O) groups is 2. The van der Waals surface area contributed by atoms with Gasteiger partial charge in [-0.15, -0.1) is 0 Å². The van der Waals surface area contributed by atoms with Crippen LogP contribution in [-0.2, 0) is 16.1 Å². The minimum Gasteiger partial charge on any atom is -0.483 e. The number of nitrogens with one attached hydrogen (secondary N) is 1. The fraction of sp³-hybridized carbons (Fsp3) is 0.391. The van der Waals surface area contributed by atoms with Crippen molar-refractivity contribution in [3.8, 4) is 5.75 Å². The SMILES string of the molecule is CC[C@@H](C(=O)NC)N(Cc1ccc(Cl)cc1)C(=O)COc1cc(C)cc(C)c1C. The van der Waals surface area contributed by atoms with Gasteiger partial charge in [0.1, 0.15) is 11.8 Å². The predicted octanol–water partition coefficient (Wildman–Crippen LogP) is 4.20. The molecule has 0 unspecified atom stereocenters. The summed E-state index contributed by atoms with van der Waals surface area (Å²) in [6, 6.07) is 10.7. The van der Waals surface area contributed by atoms with E-state index in [2.05, 4.69) is 11.4 Å². The van der Waals surface area contributed by atoms with Crippen molar-refractivity contribution in [3.05, 3.63) is 63.7 Å². The van der Waals surface area contributed by atoms with E-state index in [0.29, 0.717) is 23.7 Å². The summed E-state index contributed by atoms with van der Waals surface area (Å²) in [6.45, 7) is 8.04.